The second kappa shape index (κ2) is 3.00. The fraction of sp³-hybridized carbons (Fsp3) is 1.00. The van der Waals surface area contributed by atoms with E-state index in [1.165, 1.54) is 25.7 Å². The van der Waals surface area contributed by atoms with Crippen LogP contribution in [0, 0.1) is 11.3 Å². The molecule has 2 nitrogen and oxygen atoms in total. The van der Waals surface area contributed by atoms with Gasteiger partial charge in [-0.1, -0.05) is 6.42 Å². The Morgan fingerprint density at radius 3 is 2.58 bits per heavy atom. The van der Waals surface area contributed by atoms with Crippen molar-refractivity contribution >= 4 is 0 Å². The van der Waals surface area contributed by atoms with E-state index in [1.54, 1.807) is 0 Å². The van der Waals surface area contributed by atoms with Crippen LogP contribution in [0.25, 0.3) is 0 Å². The Bertz CT molecular complexity index is 160. The number of hydrogen-bond acceptors (Lipinski definition) is 2. The van der Waals surface area contributed by atoms with Crippen LogP contribution < -0.4 is 5.73 Å². The van der Waals surface area contributed by atoms with Crippen LogP contribution in [0.5, 0.6) is 0 Å². The second-order valence-electron chi connectivity index (χ2n) is 4.39. The molecule has 1 heterocycles. The molecule has 2 N–H and O–H groups in total. The van der Waals surface area contributed by atoms with Crippen molar-refractivity contribution in [3.63, 3.8) is 0 Å². The molecule has 1 saturated heterocycles. The molecule has 0 aromatic heterocycles. The summed E-state index contributed by atoms with van der Waals surface area (Å²) in [5.74, 6) is 0.747. The highest BCUT2D eigenvalue weighted by Crippen LogP contribution is 2.50. The van der Waals surface area contributed by atoms with Gasteiger partial charge in [-0.15, -0.1) is 0 Å². The maximum absolute atomic E-state index is 5.86. The van der Waals surface area contributed by atoms with Gasteiger partial charge in [0, 0.05) is 6.61 Å². The maximum atomic E-state index is 5.86. The Morgan fingerprint density at radius 2 is 2.25 bits per heavy atom. The molecule has 1 aliphatic heterocycles. The summed E-state index contributed by atoms with van der Waals surface area (Å²) >= 11 is 0. The Labute approximate surface area is 74.5 Å². The molecule has 2 rings (SSSR count). The van der Waals surface area contributed by atoms with E-state index in [-0.39, 0.29) is 0 Å². The first-order valence-corrected chi connectivity index (χ1v) is 5.10. The highest BCUT2D eigenvalue weighted by atomic mass is 16.5. The molecule has 0 bridgehead atoms. The molecule has 0 aromatic carbocycles. The van der Waals surface area contributed by atoms with Crippen molar-refractivity contribution in [1.82, 2.24) is 0 Å². The monoisotopic (exact) mass is 169 g/mol. The van der Waals surface area contributed by atoms with Gasteiger partial charge in [-0.25, -0.2) is 0 Å². The summed E-state index contributed by atoms with van der Waals surface area (Å²) in [5.41, 5.74) is 6.32. The van der Waals surface area contributed by atoms with E-state index in [4.69, 9.17) is 10.5 Å². The van der Waals surface area contributed by atoms with E-state index in [1.807, 2.05) is 0 Å². The van der Waals surface area contributed by atoms with Gasteiger partial charge in [0.1, 0.15) is 0 Å². The van der Waals surface area contributed by atoms with Crippen LogP contribution in [-0.4, -0.2) is 19.3 Å². The summed E-state index contributed by atoms with van der Waals surface area (Å²) in [7, 11) is 0. The zero-order chi connectivity index (χ0) is 8.60. The maximum Gasteiger partial charge on any atom is 0.0581 e. The Hall–Kier alpha value is -0.0800. The Morgan fingerprint density at radius 1 is 1.50 bits per heavy atom. The molecular formula is C10H19NO. The zero-order valence-electron chi connectivity index (χ0n) is 7.88. The van der Waals surface area contributed by atoms with Crippen LogP contribution in [0.1, 0.15) is 32.6 Å². The number of hydrogen-bond donors (Lipinski definition) is 1. The van der Waals surface area contributed by atoms with Gasteiger partial charge in [-0.3, -0.25) is 0 Å². The molecule has 1 saturated carbocycles. The van der Waals surface area contributed by atoms with E-state index in [0.29, 0.717) is 11.5 Å². The van der Waals surface area contributed by atoms with Crippen molar-refractivity contribution < 1.29 is 4.74 Å². The highest BCUT2D eigenvalue weighted by Gasteiger charge is 2.46. The standard InChI is InChI=1S/C10H19NO/c1-8-9(3-6-12-8)10(7-11)4-2-5-10/h8-9H,2-7,11H2,1H3. The van der Waals surface area contributed by atoms with Crippen LogP contribution in [0.15, 0.2) is 0 Å². The summed E-state index contributed by atoms with van der Waals surface area (Å²) in [5, 5.41) is 0. The predicted octanol–water partition coefficient (Wildman–Crippen LogP) is 1.54. The van der Waals surface area contributed by atoms with Crippen molar-refractivity contribution in [3.05, 3.63) is 0 Å². The minimum Gasteiger partial charge on any atom is -0.378 e. The first kappa shape index (κ1) is 8.52. The average Bonchev–Trinajstić information content (AvgIpc) is 2.36. The minimum absolute atomic E-state index is 0.453. The van der Waals surface area contributed by atoms with E-state index < -0.39 is 0 Å². The molecule has 2 unspecified atom stereocenters. The normalized spacial score (nSPS) is 39.5. The third-order valence-electron chi connectivity index (χ3n) is 3.92. The number of ether oxygens (including phenoxy) is 1. The van der Waals surface area contributed by atoms with Crippen LogP contribution in [0.2, 0.25) is 0 Å². The van der Waals surface area contributed by atoms with E-state index >= 15 is 0 Å². The van der Waals surface area contributed by atoms with Crippen molar-refractivity contribution in [3.8, 4) is 0 Å². The summed E-state index contributed by atoms with van der Waals surface area (Å²) in [6.45, 7) is 4.02. The third-order valence-corrected chi connectivity index (χ3v) is 3.92. The van der Waals surface area contributed by atoms with E-state index in [0.717, 1.165) is 19.1 Å². The molecule has 2 fully saturated rings. The molecule has 0 spiro atoms. The van der Waals surface area contributed by atoms with Gasteiger partial charge in [-0.05, 0) is 44.1 Å². The quantitative estimate of drug-likeness (QED) is 0.680. The number of rotatable bonds is 2. The van der Waals surface area contributed by atoms with Crippen LogP contribution in [0.4, 0.5) is 0 Å². The van der Waals surface area contributed by atoms with Gasteiger partial charge >= 0.3 is 0 Å². The molecule has 2 aliphatic rings. The molecular weight excluding hydrogens is 150 g/mol. The van der Waals surface area contributed by atoms with Crippen molar-refractivity contribution in [1.29, 1.82) is 0 Å². The summed E-state index contributed by atoms with van der Waals surface area (Å²) in [4.78, 5) is 0. The van der Waals surface area contributed by atoms with Gasteiger partial charge in [-0.2, -0.15) is 0 Å². The third kappa shape index (κ3) is 1.09. The fourth-order valence-electron chi connectivity index (χ4n) is 2.89. The molecule has 70 valence electrons. The Kier molecular flexibility index (Phi) is 2.13. The molecule has 2 heteroatoms. The van der Waals surface area contributed by atoms with Gasteiger partial charge < -0.3 is 10.5 Å². The SMILES string of the molecule is CC1OCCC1C1(CN)CCC1. The topological polar surface area (TPSA) is 35.2 Å². The summed E-state index contributed by atoms with van der Waals surface area (Å²) in [6, 6.07) is 0. The number of nitrogens with two attached hydrogens (primary N) is 1. The lowest BCUT2D eigenvalue weighted by molar-refractivity contribution is 0.00684. The van der Waals surface area contributed by atoms with Crippen LogP contribution in [0.3, 0.4) is 0 Å². The van der Waals surface area contributed by atoms with E-state index in [9.17, 15) is 0 Å². The summed E-state index contributed by atoms with van der Waals surface area (Å²) < 4.78 is 5.59. The van der Waals surface area contributed by atoms with Crippen molar-refractivity contribution in [2.45, 2.75) is 38.7 Å². The first-order chi connectivity index (χ1) is 5.78. The lowest BCUT2D eigenvalue weighted by Crippen LogP contribution is -2.46. The van der Waals surface area contributed by atoms with E-state index in [2.05, 4.69) is 6.92 Å². The van der Waals surface area contributed by atoms with Crippen molar-refractivity contribution in [2.75, 3.05) is 13.2 Å². The fourth-order valence-corrected chi connectivity index (χ4v) is 2.89. The molecule has 12 heavy (non-hydrogen) atoms. The van der Waals surface area contributed by atoms with Crippen molar-refractivity contribution in [2.24, 2.45) is 17.1 Å². The predicted molar refractivity (Wildman–Crippen MR) is 48.9 cm³/mol. The van der Waals surface area contributed by atoms with Gasteiger partial charge in [0.2, 0.25) is 0 Å². The first-order valence-electron chi connectivity index (χ1n) is 5.10. The van der Waals surface area contributed by atoms with Crippen LogP contribution in [-0.2, 0) is 4.74 Å². The lowest BCUT2D eigenvalue weighted by Gasteiger charge is -2.47. The van der Waals surface area contributed by atoms with Gasteiger partial charge in [0.15, 0.2) is 0 Å². The minimum atomic E-state index is 0.453. The molecule has 1 aliphatic carbocycles. The zero-order valence-corrected chi connectivity index (χ0v) is 7.88. The molecule has 2 atom stereocenters. The molecule has 0 aromatic rings. The molecule has 0 radical (unpaired) electrons. The second-order valence-corrected chi connectivity index (χ2v) is 4.39. The average molecular weight is 169 g/mol. The highest BCUT2D eigenvalue weighted by molar-refractivity contribution is 4.97. The van der Waals surface area contributed by atoms with Gasteiger partial charge in [0.25, 0.3) is 0 Å². The van der Waals surface area contributed by atoms with Crippen LogP contribution >= 0.6 is 0 Å². The summed E-state index contributed by atoms with van der Waals surface area (Å²) in [6.07, 6.45) is 5.73. The smallest absolute Gasteiger partial charge is 0.0581 e. The largest absolute Gasteiger partial charge is 0.378 e. The molecule has 0 amide bonds. The lowest BCUT2D eigenvalue weighted by atomic mass is 9.59. The Balaban J connectivity index is 2.05. The van der Waals surface area contributed by atoms with Gasteiger partial charge in [0.05, 0.1) is 6.10 Å².